The van der Waals surface area contributed by atoms with Crippen LogP contribution in [0.25, 0.3) is 0 Å². The molecule has 1 unspecified atom stereocenters. The van der Waals surface area contributed by atoms with Crippen molar-refractivity contribution < 1.29 is 0 Å². The molecule has 0 saturated heterocycles. The van der Waals surface area contributed by atoms with Gasteiger partial charge in [-0.2, -0.15) is 0 Å². The van der Waals surface area contributed by atoms with Crippen molar-refractivity contribution in [2.24, 2.45) is 0 Å². The van der Waals surface area contributed by atoms with E-state index in [1.807, 2.05) is 18.3 Å². The molecule has 2 rings (SSSR count). The van der Waals surface area contributed by atoms with Crippen molar-refractivity contribution >= 4 is 22.7 Å². The molecule has 0 spiro atoms. The zero-order valence-electron chi connectivity index (χ0n) is 9.78. The van der Waals surface area contributed by atoms with E-state index in [0.717, 1.165) is 17.2 Å². The Bertz CT molecular complexity index is 459. The second kappa shape index (κ2) is 5.08. The molecule has 0 fully saturated rings. The van der Waals surface area contributed by atoms with Crippen molar-refractivity contribution in [3.05, 3.63) is 38.0 Å². The smallest absolute Gasteiger partial charge is 0.107 e. The fourth-order valence-corrected chi connectivity index (χ4v) is 3.14. The highest BCUT2D eigenvalue weighted by atomic mass is 32.1. The molecule has 16 heavy (non-hydrogen) atoms. The molecular formula is C12H16N2S2. The van der Waals surface area contributed by atoms with Crippen LogP contribution in [0.3, 0.4) is 0 Å². The lowest BCUT2D eigenvalue weighted by atomic mass is 10.3. The van der Waals surface area contributed by atoms with Crippen molar-refractivity contribution in [2.75, 3.05) is 0 Å². The highest BCUT2D eigenvalue weighted by molar-refractivity contribution is 7.12. The van der Waals surface area contributed by atoms with Crippen molar-refractivity contribution in [3.8, 4) is 0 Å². The van der Waals surface area contributed by atoms with Gasteiger partial charge >= 0.3 is 0 Å². The predicted molar refractivity (Wildman–Crippen MR) is 71.2 cm³/mol. The Morgan fingerprint density at radius 1 is 1.38 bits per heavy atom. The molecule has 1 N–H and O–H groups in total. The first-order valence-electron chi connectivity index (χ1n) is 5.36. The summed E-state index contributed by atoms with van der Waals surface area (Å²) in [5, 5.41) is 6.76. The van der Waals surface area contributed by atoms with Gasteiger partial charge in [-0.15, -0.1) is 22.7 Å². The van der Waals surface area contributed by atoms with E-state index in [1.165, 1.54) is 9.75 Å². The van der Waals surface area contributed by atoms with E-state index < -0.39 is 0 Å². The van der Waals surface area contributed by atoms with Crippen LogP contribution in [0, 0.1) is 13.8 Å². The summed E-state index contributed by atoms with van der Waals surface area (Å²) in [4.78, 5) is 7.20. The number of nitrogens with one attached hydrogen (secondary N) is 1. The van der Waals surface area contributed by atoms with Crippen molar-refractivity contribution in [3.63, 3.8) is 0 Å². The van der Waals surface area contributed by atoms with E-state index in [9.17, 15) is 0 Å². The minimum Gasteiger partial charge on any atom is -0.303 e. The van der Waals surface area contributed by atoms with E-state index >= 15 is 0 Å². The molecule has 2 aromatic rings. The van der Waals surface area contributed by atoms with E-state index in [-0.39, 0.29) is 0 Å². The highest BCUT2D eigenvalue weighted by Gasteiger charge is 2.07. The van der Waals surface area contributed by atoms with Crippen LogP contribution in [0.1, 0.15) is 33.4 Å². The Morgan fingerprint density at radius 3 is 2.75 bits per heavy atom. The summed E-state index contributed by atoms with van der Waals surface area (Å²) in [5.74, 6) is 0. The molecule has 86 valence electrons. The fourth-order valence-electron chi connectivity index (χ4n) is 1.51. The summed E-state index contributed by atoms with van der Waals surface area (Å²) in [7, 11) is 0. The van der Waals surface area contributed by atoms with Crippen molar-refractivity contribution in [1.82, 2.24) is 10.3 Å². The topological polar surface area (TPSA) is 24.9 Å². The van der Waals surface area contributed by atoms with Crippen LogP contribution >= 0.6 is 22.7 Å². The van der Waals surface area contributed by atoms with Crippen LogP contribution in [0.4, 0.5) is 0 Å². The summed E-state index contributed by atoms with van der Waals surface area (Å²) in [5.41, 5.74) is 1.11. The molecule has 2 nitrogen and oxygen atoms in total. The van der Waals surface area contributed by atoms with Crippen LogP contribution in [-0.4, -0.2) is 4.98 Å². The normalized spacial score (nSPS) is 12.9. The molecule has 0 bridgehead atoms. The van der Waals surface area contributed by atoms with Gasteiger partial charge in [-0.05, 0) is 32.9 Å². The number of thiophene rings is 1. The third-order valence-electron chi connectivity index (χ3n) is 2.41. The average Bonchev–Trinajstić information content (AvgIpc) is 2.84. The van der Waals surface area contributed by atoms with Crippen LogP contribution in [0.5, 0.6) is 0 Å². The molecule has 0 aliphatic rings. The Kier molecular flexibility index (Phi) is 3.74. The van der Waals surface area contributed by atoms with Gasteiger partial charge < -0.3 is 5.32 Å². The second-order valence-corrected chi connectivity index (χ2v) is 6.20. The van der Waals surface area contributed by atoms with Crippen molar-refractivity contribution in [2.45, 2.75) is 33.4 Å². The molecule has 2 heterocycles. The van der Waals surface area contributed by atoms with Crippen LogP contribution in [0.15, 0.2) is 17.5 Å². The van der Waals surface area contributed by atoms with Gasteiger partial charge in [0.15, 0.2) is 0 Å². The van der Waals surface area contributed by atoms with E-state index in [4.69, 9.17) is 0 Å². The van der Waals surface area contributed by atoms with E-state index in [1.54, 1.807) is 11.3 Å². The Morgan fingerprint density at radius 2 is 2.19 bits per heavy atom. The number of aromatic nitrogens is 1. The maximum absolute atomic E-state index is 4.44. The number of aryl methyl sites for hydroxylation is 2. The summed E-state index contributed by atoms with van der Waals surface area (Å²) in [6.45, 7) is 7.24. The van der Waals surface area contributed by atoms with Gasteiger partial charge in [0.2, 0.25) is 0 Å². The standard InChI is InChI=1S/C12H16N2S2/c1-8-7-15-12(14-8)6-13-10(3)11-5-4-9(2)16-11/h4-5,7,10,13H,6H2,1-3H3. The van der Waals surface area contributed by atoms with Crippen LogP contribution in [0.2, 0.25) is 0 Å². The minimum atomic E-state index is 0.405. The van der Waals surface area contributed by atoms with E-state index in [0.29, 0.717) is 6.04 Å². The third-order valence-corrected chi connectivity index (χ3v) is 4.56. The summed E-state index contributed by atoms with van der Waals surface area (Å²) in [6, 6.07) is 4.78. The molecular weight excluding hydrogens is 236 g/mol. The van der Waals surface area contributed by atoms with Crippen molar-refractivity contribution in [1.29, 1.82) is 0 Å². The lowest BCUT2D eigenvalue weighted by molar-refractivity contribution is 0.581. The first-order chi connectivity index (χ1) is 7.65. The van der Waals surface area contributed by atoms with Crippen LogP contribution in [-0.2, 0) is 6.54 Å². The zero-order chi connectivity index (χ0) is 11.5. The Balaban J connectivity index is 1.91. The molecule has 0 amide bonds. The lowest BCUT2D eigenvalue weighted by Crippen LogP contribution is -2.16. The van der Waals surface area contributed by atoms with Crippen LogP contribution < -0.4 is 5.32 Å². The fraction of sp³-hybridized carbons (Fsp3) is 0.417. The number of nitrogens with zero attached hydrogens (tertiary/aromatic N) is 1. The molecule has 0 saturated carbocycles. The zero-order valence-corrected chi connectivity index (χ0v) is 11.4. The summed E-state index contributed by atoms with van der Waals surface area (Å²) in [6.07, 6.45) is 0. The number of hydrogen-bond acceptors (Lipinski definition) is 4. The Labute approximate surface area is 104 Å². The first kappa shape index (κ1) is 11.8. The number of rotatable bonds is 4. The SMILES string of the molecule is Cc1csc(CNC(C)c2ccc(C)s2)n1. The van der Waals surface area contributed by atoms with Gasteiger partial charge in [0, 0.05) is 33.4 Å². The van der Waals surface area contributed by atoms with Gasteiger partial charge in [-0.25, -0.2) is 4.98 Å². The van der Waals surface area contributed by atoms with E-state index in [2.05, 4.69) is 41.7 Å². The molecule has 4 heteroatoms. The van der Waals surface area contributed by atoms with Gasteiger partial charge in [0.05, 0.1) is 0 Å². The molecule has 2 aromatic heterocycles. The second-order valence-electron chi connectivity index (χ2n) is 3.93. The molecule has 0 radical (unpaired) electrons. The maximum Gasteiger partial charge on any atom is 0.107 e. The predicted octanol–water partition coefficient (Wildman–Crippen LogP) is 3.67. The highest BCUT2D eigenvalue weighted by Crippen LogP contribution is 2.22. The maximum atomic E-state index is 4.44. The lowest BCUT2D eigenvalue weighted by Gasteiger charge is -2.10. The quantitative estimate of drug-likeness (QED) is 0.898. The number of thiazole rings is 1. The summed E-state index contributed by atoms with van der Waals surface area (Å²) >= 11 is 3.58. The largest absolute Gasteiger partial charge is 0.303 e. The van der Waals surface area contributed by atoms with Gasteiger partial charge in [0.25, 0.3) is 0 Å². The molecule has 0 aromatic carbocycles. The Hall–Kier alpha value is -0.710. The van der Waals surface area contributed by atoms with Gasteiger partial charge in [-0.1, -0.05) is 0 Å². The average molecular weight is 252 g/mol. The summed E-state index contributed by atoms with van der Waals surface area (Å²) < 4.78 is 0. The van der Waals surface area contributed by atoms with Gasteiger partial charge in [-0.3, -0.25) is 0 Å². The third kappa shape index (κ3) is 2.90. The minimum absolute atomic E-state index is 0.405. The molecule has 0 aliphatic heterocycles. The molecule has 1 atom stereocenters. The molecule has 0 aliphatic carbocycles. The first-order valence-corrected chi connectivity index (χ1v) is 7.05. The number of hydrogen-bond donors (Lipinski definition) is 1. The van der Waals surface area contributed by atoms with Gasteiger partial charge in [0.1, 0.15) is 5.01 Å². The monoisotopic (exact) mass is 252 g/mol.